The third-order valence-corrected chi connectivity index (χ3v) is 2.60. The molecule has 0 spiro atoms. The standard InChI is InChI=1S/C10H8Cl2O3/c1-5(11)10(13)6-2-8-9(3-7(6)12)15-4-14-8/h2-3,5H,4H2,1H3. The molecule has 0 amide bonds. The molecule has 0 aliphatic carbocycles. The lowest BCUT2D eigenvalue weighted by Crippen LogP contribution is -2.10. The molecular formula is C10H8Cl2O3. The highest BCUT2D eigenvalue weighted by molar-refractivity contribution is 6.39. The van der Waals surface area contributed by atoms with Crippen LogP contribution in [-0.2, 0) is 0 Å². The van der Waals surface area contributed by atoms with E-state index in [-0.39, 0.29) is 12.6 Å². The quantitative estimate of drug-likeness (QED) is 0.595. The summed E-state index contributed by atoms with van der Waals surface area (Å²) in [6.07, 6.45) is 0. The van der Waals surface area contributed by atoms with Gasteiger partial charge in [-0.15, -0.1) is 11.6 Å². The summed E-state index contributed by atoms with van der Waals surface area (Å²) in [5, 5.41) is -0.278. The minimum Gasteiger partial charge on any atom is -0.454 e. The summed E-state index contributed by atoms with van der Waals surface area (Å²) in [7, 11) is 0. The second kappa shape index (κ2) is 3.91. The second-order valence-electron chi connectivity index (χ2n) is 3.17. The maximum Gasteiger partial charge on any atom is 0.231 e. The lowest BCUT2D eigenvalue weighted by atomic mass is 10.1. The Kier molecular flexibility index (Phi) is 2.76. The number of benzene rings is 1. The normalized spacial score (nSPS) is 15.1. The summed E-state index contributed by atoms with van der Waals surface area (Å²) in [5.74, 6) is 0.860. The highest BCUT2D eigenvalue weighted by atomic mass is 35.5. The molecule has 0 radical (unpaired) electrons. The number of alkyl halides is 1. The molecule has 0 saturated carbocycles. The first-order valence-electron chi connectivity index (χ1n) is 4.37. The minimum absolute atomic E-state index is 0.153. The Balaban J connectivity index is 2.45. The molecule has 3 nitrogen and oxygen atoms in total. The average molecular weight is 247 g/mol. The van der Waals surface area contributed by atoms with Crippen molar-refractivity contribution in [1.29, 1.82) is 0 Å². The highest BCUT2D eigenvalue weighted by Gasteiger charge is 2.22. The molecule has 15 heavy (non-hydrogen) atoms. The fourth-order valence-electron chi connectivity index (χ4n) is 1.32. The topological polar surface area (TPSA) is 35.5 Å². The lowest BCUT2D eigenvalue weighted by molar-refractivity contribution is 0.0991. The van der Waals surface area contributed by atoms with Crippen LogP contribution in [0.1, 0.15) is 17.3 Å². The molecule has 0 saturated heterocycles. The van der Waals surface area contributed by atoms with E-state index in [1.54, 1.807) is 19.1 Å². The molecule has 1 aliphatic heterocycles. The first kappa shape index (κ1) is 10.6. The smallest absolute Gasteiger partial charge is 0.231 e. The van der Waals surface area contributed by atoms with Crippen molar-refractivity contribution in [3.05, 3.63) is 22.7 Å². The number of fused-ring (bicyclic) bond motifs is 1. The molecule has 1 aliphatic rings. The predicted octanol–water partition coefficient (Wildman–Crippen LogP) is 2.88. The van der Waals surface area contributed by atoms with E-state index in [0.717, 1.165) is 0 Å². The number of ketones is 1. The van der Waals surface area contributed by atoms with Gasteiger partial charge in [-0.25, -0.2) is 0 Å². The zero-order valence-electron chi connectivity index (χ0n) is 7.92. The fourth-order valence-corrected chi connectivity index (χ4v) is 1.68. The van der Waals surface area contributed by atoms with Gasteiger partial charge < -0.3 is 9.47 Å². The number of halogens is 2. The molecule has 5 heteroatoms. The number of hydrogen-bond acceptors (Lipinski definition) is 3. The Hall–Kier alpha value is -0.930. The summed E-state index contributed by atoms with van der Waals surface area (Å²) >= 11 is 11.6. The molecule has 1 aromatic rings. The van der Waals surface area contributed by atoms with E-state index < -0.39 is 5.38 Å². The van der Waals surface area contributed by atoms with Crippen molar-refractivity contribution in [2.45, 2.75) is 12.3 Å². The summed E-state index contributed by atoms with van der Waals surface area (Å²) in [4.78, 5) is 11.7. The van der Waals surface area contributed by atoms with Crippen molar-refractivity contribution in [3.63, 3.8) is 0 Å². The molecule has 1 heterocycles. The van der Waals surface area contributed by atoms with Crippen LogP contribution in [-0.4, -0.2) is 18.0 Å². The van der Waals surface area contributed by atoms with Crippen LogP contribution < -0.4 is 9.47 Å². The maximum absolute atomic E-state index is 11.7. The van der Waals surface area contributed by atoms with Crippen molar-refractivity contribution in [2.75, 3.05) is 6.79 Å². The second-order valence-corrected chi connectivity index (χ2v) is 4.23. The van der Waals surface area contributed by atoms with Gasteiger partial charge in [-0.1, -0.05) is 11.6 Å². The summed E-state index contributed by atoms with van der Waals surface area (Å²) in [6.45, 7) is 1.75. The van der Waals surface area contributed by atoms with Gasteiger partial charge in [0.1, 0.15) is 0 Å². The van der Waals surface area contributed by atoms with E-state index in [1.807, 2.05) is 0 Å². The molecule has 0 fully saturated rings. The van der Waals surface area contributed by atoms with Crippen molar-refractivity contribution in [2.24, 2.45) is 0 Å². The first-order valence-corrected chi connectivity index (χ1v) is 5.18. The average Bonchev–Trinajstić information content (AvgIpc) is 2.62. The van der Waals surface area contributed by atoms with Crippen LogP contribution in [0.2, 0.25) is 5.02 Å². The van der Waals surface area contributed by atoms with Crippen molar-refractivity contribution in [1.82, 2.24) is 0 Å². The molecule has 0 N–H and O–H groups in total. The van der Waals surface area contributed by atoms with Crippen LogP contribution in [0.15, 0.2) is 12.1 Å². The predicted molar refractivity (Wildman–Crippen MR) is 57.2 cm³/mol. The summed E-state index contributed by atoms with van der Waals surface area (Å²) in [6, 6.07) is 3.13. The van der Waals surface area contributed by atoms with Crippen LogP contribution in [0.4, 0.5) is 0 Å². The zero-order valence-corrected chi connectivity index (χ0v) is 9.43. The highest BCUT2D eigenvalue weighted by Crippen LogP contribution is 2.37. The molecule has 0 aromatic heterocycles. The van der Waals surface area contributed by atoms with Gasteiger partial charge in [0.05, 0.1) is 10.4 Å². The van der Waals surface area contributed by atoms with E-state index in [1.165, 1.54) is 0 Å². The molecular weight excluding hydrogens is 239 g/mol. The van der Waals surface area contributed by atoms with E-state index in [0.29, 0.717) is 22.1 Å². The van der Waals surface area contributed by atoms with Gasteiger partial charge in [0.15, 0.2) is 17.3 Å². The largest absolute Gasteiger partial charge is 0.454 e. The van der Waals surface area contributed by atoms with Gasteiger partial charge in [-0.2, -0.15) is 0 Å². The molecule has 1 unspecified atom stereocenters. The van der Waals surface area contributed by atoms with Crippen LogP contribution >= 0.6 is 23.2 Å². The van der Waals surface area contributed by atoms with Crippen LogP contribution in [0.3, 0.4) is 0 Å². The Morgan fingerprint density at radius 3 is 2.60 bits per heavy atom. The Labute approximate surface area is 96.9 Å². The number of Topliss-reactive ketones (excluding diaryl/α,β-unsaturated/α-hetero) is 1. The third-order valence-electron chi connectivity index (χ3n) is 2.09. The number of rotatable bonds is 2. The first-order chi connectivity index (χ1) is 7.09. The van der Waals surface area contributed by atoms with Gasteiger partial charge in [0, 0.05) is 11.6 Å². The molecule has 1 atom stereocenters. The van der Waals surface area contributed by atoms with Crippen molar-refractivity contribution in [3.8, 4) is 11.5 Å². The third kappa shape index (κ3) is 1.90. The Morgan fingerprint density at radius 1 is 1.40 bits per heavy atom. The van der Waals surface area contributed by atoms with Crippen LogP contribution in [0.25, 0.3) is 0 Å². The molecule has 1 aromatic carbocycles. The van der Waals surface area contributed by atoms with E-state index >= 15 is 0 Å². The molecule has 0 bridgehead atoms. The van der Waals surface area contributed by atoms with Gasteiger partial charge >= 0.3 is 0 Å². The number of carbonyl (C=O) groups is 1. The van der Waals surface area contributed by atoms with Gasteiger partial charge in [0.25, 0.3) is 0 Å². The van der Waals surface area contributed by atoms with Crippen LogP contribution in [0.5, 0.6) is 11.5 Å². The molecule has 2 rings (SSSR count). The van der Waals surface area contributed by atoms with Crippen molar-refractivity contribution >= 4 is 29.0 Å². The van der Waals surface area contributed by atoms with Crippen molar-refractivity contribution < 1.29 is 14.3 Å². The summed E-state index contributed by atoms with van der Waals surface area (Å²) in [5.41, 5.74) is 0.364. The fraction of sp³-hybridized carbons (Fsp3) is 0.300. The number of ether oxygens (including phenoxy) is 2. The van der Waals surface area contributed by atoms with E-state index in [2.05, 4.69) is 0 Å². The molecule has 80 valence electrons. The van der Waals surface area contributed by atoms with E-state index in [4.69, 9.17) is 32.7 Å². The number of carbonyl (C=O) groups excluding carboxylic acids is 1. The minimum atomic E-state index is -0.608. The summed E-state index contributed by atoms with van der Waals surface area (Å²) < 4.78 is 10.3. The zero-order chi connectivity index (χ0) is 11.0. The monoisotopic (exact) mass is 246 g/mol. The number of hydrogen-bond donors (Lipinski definition) is 0. The van der Waals surface area contributed by atoms with Crippen LogP contribution in [0, 0.1) is 0 Å². The lowest BCUT2D eigenvalue weighted by Gasteiger charge is -2.06. The van der Waals surface area contributed by atoms with Gasteiger partial charge in [0.2, 0.25) is 6.79 Å². The maximum atomic E-state index is 11.7. The SMILES string of the molecule is CC(Cl)C(=O)c1cc2c(cc1Cl)OCO2. The Morgan fingerprint density at radius 2 is 2.00 bits per heavy atom. The van der Waals surface area contributed by atoms with Gasteiger partial charge in [-0.3, -0.25) is 4.79 Å². The Bertz CT molecular complexity index is 415. The van der Waals surface area contributed by atoms with Gasteiger partial charge in [-0.05, 0) is 13.0 Å². The van der Waals surface area contributed by atoms with E-state index in [9.17, 15) is 4.79 Å².